The fourth-order valence-electron chi connectivity index (χ4n) is 0.986. The second kappa shape index (κ2) is 12.4. The molecule has 4 nitrogen and oxygen atoms in total. The zero-order valence-corrected chi connectivity index (χ0v) is 14.1. The molecule has 1 unspecified atom stereocenters. The van der Waals surface area contributed by atoms with Crippen LogP contribution in [0, 0.1) is 0 Å². The van der Waals surface area contributed by atoms with Gasteiger partial charge in [-0.15, -0.1) is 0 Å². The normalized spacial score (nSPS) is 14.8. The Hall–Kier alpha value is 0.360. The molecule has 0 aromatic carbocycles. The molecule has 108 valence electrons. The molecular formula is C11H25N2O2PS2. The van der Waals surface area contributed by atoms with Gasteiger partial charge in [0.2, 0.25) is 0 Å². The van der Waals surface area contributed by atoms with Gasteiger partial charge in [0.15, 0.2) is 0 Å². The van der Waals surface area contributed by atoms with E-state index in [-0.39, 0.29) is 0 Å². The standard InChI is InChI=1S/C11H25N2O2PS2/c1-4-7-9-12-11-13-16(14,15-6-3)18-17-10-8-5-2/h11H,4-10H2,1-3H3,(H,12,13,14). The highest BCUT2D eigenvalue weighted by molar-refractivity contribution is 8.99. The number of hydrogen-bond acceptors (Lipinski definition) is 5. The van der Waals surface area contributed by atoms with Gasteiger partial charge in [0.05, 0.1) is 12.9 Å². The summed E-state index contributed by atoms with van der Waals surface area (Å²) in [5, 5.41) is 2.82. The van der Waals surface area contributed by atoms with E-state index in [9.17, 15) is 4.57 Å². The summed E-state index contributed by atoms with van der Waals surface area (Å²) in [6.07, 6.45) is 5.98. The van der Waals surface area contributed by atoms with Crippen LogP contribution in [0.5, 0.6) is 0 Å². The van der Waals surface area contributed by atoms with Crippen molar-refractivity contribution in [3.8, 4) is 0 Å². The first kappa shape index (κ1) is 18.4. The third-order valence-electron chi connectivity index (χ3n) is 1.98. The van der Waals surface area contributed by atoms with Gasteiger partial charge >= 0.3 is 6.72 Å². The van der Waals surface area contributed by atoms with Gasteiger partial charge in [-0.2, -0.15) is 0 Å². The molecule has 0 bridgehead atoms. The Balaban J connectivity index is 4.00. The van der Waals surface area contributed by atoms with Crippen molar-refractivity contribution >= 4 is 34.3 Å². The minimum Gasteiger partial charge on any atom is -0.306 e. The van der Waals surface area contributed by atoms with Gasteiger partial charge in [0, 0.05) is 22.7 Å². The number of nitrogens with one attached hydrogen (secondary N) is 1. The monoisotopic (exact) mass is 312 g/mol. The van der Waals surface area contributed by atoms with Crippen molar-refractivity contribution in [1.29, 1.82) is 0 Å². The van der Waals surface area contributed by atoms with Crippen LogP contribution in [0.15, 0.2) is 4.99 Å². The summed E-state index contributed by atoms with van der Waals surface area (Å²) >= 11 is 0. The molecule has 0 aliphatic heterocycles. The molecule has 0 aliphatic carbocycles. The second-order valence-corrected chi connectivity index (χ2v) is 9.93. The predicted molar refractivity (Wildman–Crippen MR) is 85.6 cm³/mol. The van der Waals surface area contributed by atoms with E-state index in [0.29, 0.717) is 6.61 Å². The van der Waals surface area contributed by atoms with E-state index in [1.807, 2.05) is 6.92 Å². The first-order valence-corrected chi connectivity index (χ1v) is 11.0. The summed E-state index contributed by atoms with van der Waals surface area (Å²) in [4.78, 5) is 4.16. The molecule has 7 heteroatoms. The molecule has 0 heterocycles. The Kier molecular flexibility index (Phi) is 12.6. The predicted octanol–water partition coefficient (Wildman–Crippen LogP) is 4.73. The fraction of sp³-hybridized carbons (Fsp3) is 0.909. The van der Waals surface area contributed by atoms with Crippen LogP contribution >= 0.6 is 27.9 Å². The average molecular weight is 312 g/mol. The van der Waals surface area contributed by atoms with Crippen LogP contribution in [0.3, 0.4) is 0 Å². The van der Waals surface area contributed by atoms with Gasteiger partial charge in [0.25, 0.3) is 0 Å². The van der Waals surface area contributed by atoms with Gasteiger partial charge in [-0.05, 0) is 19.8 Å². The summed E-state index contributed by atoms with van der Waals surface area (Å²) in [6.45, 7) is 4.49. The van der Waals surface area contributed by atoms with E-state index >= 15 is 0 Å². The lowest BCUT2D eigenvalue weighted by Crippen LogP contribution is -2.08. The molecule has 0 aliphatic rings. The molecular weight excluding hydrogens is 287 g/mol. The highest BCUT2D eigenvalue weighted by atomic mass is 33.3. The minimum absolute atomic E-state index is 0.439. The largest absolute Gasteiger partial charge is 0.362 e. The average Bonchev–Trinajstić information content (AvgIpc) is 2.35. The van der Waals surface area contributed by atoms with Crippen LogP contribution in [0.1, 0.15) is 46.5 Å². The van der Waals surface area contributed by atoms with Crippen LogP contribution in [0.25, 0.3) is 0 Å². The lowest BCUT2D eigenvalue weighted by atomic mass is 10.3. The summed E-state index contributed by atoms with van der Waals surface area (Å²) in [7, 11) is 2.90. The Bertz CT molecular complexity index is 265. The van der Waals surface area contributed by atoms with E-state index in [1.54, 1.807) is 10.8 Å². The van der Waals surface area contributed by atoms with Crippen LogP contribution in [0.2, 0.25) is 0 Å². The molecule has 0 aromatic rings. The van der Waals surface area contributed by atoms with Gasteiger partial charge in [0.1, 0.15) is 0 Å². The number of nitrogens with zero attached hydrogens (tertiary/aromatic N) is 1. The number of unbranched alkanes of at least 4 members (excludes halogenated alkanes) is 2. The lowest BCUT2D eigenvalue weighted by Gasteiger charge is -2.15. The number of aliphatic imine (C=N–C) groups is 1. The second-order valence-electron chi connectivity index (χ2n) is 3.68. The molecule has 0 fully saturated rings. The van der Waals surface area contributed by atoms with Crippen LogP contribution in [-0.4, -0.2) is 25.2 Å². The van der Waals surface area contributed by atoms with Gasteiger partial charge in [-0.1, -0.05) is 37.5 Å². The van der Waals surface area contributed by atoms with E-state index in [2.05, 4.69) is 23.9 Å². The first-order chi connectivity index (χ1) is 8.68. The van der Waals surface area contributed by atoms with Gasteiger partial charge in [-0.25, -0.2) is 0 Å². The maximum Gasteiger partial charge on any atom is 0.362 e. The zero-order chi connectivity index (χ0) is 13.7. The summed E-state index contributed by atoms with van der Waals surface area (Å²) in [6, 6.07) is 0. The fourth-order valence-corrected chi connectivity index (χ4v) is 6.73. The van der Waals surface area contributed by atoms with Crippen molar-refractivity contribution in [3.63, 3.8) is 0 Å². The maximum absolute atomic E-state index is 12.3. The zero-order valence-electron chi connectivity index (χ0n) is 11.6. The molecule has 0 radical (unpaired) electrons. The molecule has 0 aromatic heterocycles. The molecule has 0 saturated heterocycles. The molecule has 1 atom stereocenters. The molecule has 0 amide bonds. The van der Waals surface area contributed by atoms with Crippen molar-refractivity contribution in [1.82, 2.24) is 5.09 Å². The number of hydrogen-bond donors (Lipinski definition) is 1. The molecule has 0 saturated carbocycles. The molecule has 18 heavy (non-hydrogen) atoms. The van der Waals surface area contributed by atoms with E-state index in [0.717, 1.165) is 38.0 Å². The Morgan fingerprint density at radius 2 is 2.00 bits per heavy atom. The third kappa shape index (κ3) is 10.3. The van der Waals surface area contributed by atoms with Crippen molar-refractivity contribution < 1.29 is 9.09 Å². The topological polar surface area (TPSA) is 50.7 Å². The first-order valence-electron chi connectivity index (χ1n) is 6.50. The van der Waals surface area contributed by atoms with Gasteiger partial charge in [-0.3, -0.25) is 14.6 Å². The van der Waals surface area contributed by atoms with E-state index in [4.69, 9.17) is 4.52 Å². The van der Waals surface area contributed by atoms with Crippen LogP contribution in [-0.2, 0) is 9.09 Å². The Morgan fingerprint density at radius 1 is 1.28 bits per heavy atom. The minimum atomic E-state index is -2.83. The van der Waals surface area contributed by atoms with Crippen molar-refractivity contribution in [2.45, 2.75) is 46.5 Å². The lowest BCUT2D eigenvalue weighted by molar-refractivity contribution is 0.343. The van der Waals surface area contributed by atoms with Crippen LogP contribution in [0.4, 0.5) is 0 Å². The third-order valence-corrected chi connectivity index (χ3v) is 8.52. The SMILES string of the molecule is CCCCN=CNP(=O)(OCC)SSCCCC. The van der Waals surface area contributed by atoms with E-state index in [1.165, 1.54) is 16.8 Å². The highest BCUT2D eigenvalue weighted by Crippen LogP contribution is 2.61. The maximum atomic E-state index is 12.3. The van der Waals surface area contributed by atoms with Crippen molar-refractivity contribution in [2.75, 3.05) is 18.9 Å². The van der Waals surface area contributed by atoms with Crippen LogP contribution < -0.4 is 5.09 Å². The summed E-state index contributed by atoms with van der Waals surface area (Å²) < 4.78 is 17.6. The summed E-state index contributed by atoms with van der Waals surface area (Å²) in [5.74, 6) is 0.993. The molecule has 0 rings (SSSR count). The quantitative estimate of drug-likeness (QED) is 0.186. The highest BCUT2D eigenvalue weighted by Gasteiger charge is 2.22. The van der Waals surface area contributed by atoms with Crippen molar-refractivity contribution in [3.05, 3.63) is 0 Å². The smallest absolute Gasteiger partial charge is 0.306 e. The Labute approximate surface area is 119 Å². The Morgan fingerprint density at radius 3 is 2.61 bits per heavy atom. The summed E-state index contributed by atoms with van der Waals surface area (Å²) in [5.41, 5.74) is 0. The number of rotatable bonds is 12. The van der Waals surface area contributed by atoms with Crippen molar-refractivity contribution in [2.24, 2.45) is 4.99 Å². The molecule has 0 spiro atoms. The molecule has 1 N–H and O–H groups in total. The van der Waals surface area contributed by atoms with Gasteiger partial charge < -0.3 is 4.52 Å². The van der Waals surface area contributed by atoms with E-state index < -0.39 is 6.72 Å².